The minimum Gasteiger partial charge on any atom is -0.490 e. The van der Waals surface area contributed by atoms with Gasteiger partial charge in [-0.2, -0.15) is 0 Å². The van der Waals surface area contributed by atoms with Crippen LogP contribution in [0.1, 0.15) is 24.2 Å². The molecule has 0 saturated carbocycles. The van der Waals surface area contributed by atoms with Gasteiger partial charge >= 0.3 is 6.09 Å². The molecule has 2 atom stereocenters. The molecule has 2 aromatic heterocycles. The Kier molecular flexibility index (Phi) is 6.56. The molecule has 2 saturated heterocycles. The lowest BCUT2D eigenvalue weighted by molar-refractivity contribution is 0.0940. The van der Waals surface area contributed by atoms with Gasteiger partial charge in [0.2, 0.25) is 5.88 Å². The van der Waals surface area contributed by atoms with Crippen molar-refractivity contribution in [1.29, 1.82) is 0 Å². The molecule has 4 heterocycles. The monoisotopic (exact) mass is 547 g/mol. The van der Waals surface area contributed by atoms with Crippen LogP contribution in [-0.2, 0) is 11.3 Å². The number of ether oxygens (including phenoxy) is 3. The number of hydrogen-bond acceptors (Lipinski definition) is 8. The molecule has 2 aliphatic rings. The smallest absolute Gasteiger partial charge is 0.410 e. The first kappa shape index (κ1) is 25.1. The van der Waals surface area contributed by atoms with Crippen molar-refractivity contribution in [2.45, 2.75) is 38.5 Å². The number of hydrogen-bond donors (Lipinski definition) is 0. The second kappa shape index (κ2) is 10.2. The van der Waals surface area contributed by atoms with E-state index in [0.29, 0.717) is 77.0 Å². The highest BCUT2D eigenvalue weighted by Crippen LogP contribution is 2.38. The zero-order chi connectivity index (χ0) is 27.1. The van der Waals surface area contributed by atoms with Gasteiger partial charge in [0, 0.05) is 36.2 Å². The number of carbonyl (C=O) groups excluding carboxylic acids is 1. The standard InChI is InChI=1S/C28H26ClN5O5/c1-16-32-24-10-21(23-12-30-15-31-26(23)37-2)25(39-20-7-8-33-19(9-20)14-38-28(33)36)11-22(24)27(35)34(16)13-17-3-5-18(29)6-4-17/h3-6,10-12,15,19-20H,7-9,13-14H2,1-2H3/t19-,20-/m0/s1. The average molecular weight is 548 g/mol. The summed E-state index contributed by atoms with van der Waals surface area (Å²) in [6, 6.07) is 10.9. The lowest BCUT2D eigenvalue weighted by Gasteiger charge is -2.33. The summed E-state index contributed by atoms with van der Waals surface area (Å²) in [5.74, 6) is 1.46. The molecular formula is C28H26ClN5O5. The van der Waals surface area contributed by atoms with Gasteiger partial charge in [-0.1, -0.05) is 23.7 Å². The summed E-state index contributed by atoms with van der Waals surface area (Å²) in [6.45, 7) is 3.06. The van der Waals surface area contributed by atoms with E-state index >= 15 is 0 Å². The van der Waals surface area contributed by atoms with Crippen molar-refractivity contribution in [2.75, 3.05) is 20.3 Å². The number of nitrogens with zero attached hydrogens (tertiary/aromatic N) is 5. The van der Waals surface area contributed by atoms with E-state index in [4.69, 9.17) is 30.8 Å². The maximum absolute atomic E-state index is 13.8. The van der Waals surface area contributed by atoms with Crippen LogP contribution in [0.3, 0.4) is 0 Å². The quantitative estimate of drug-likeness (QED) is 0.353. The number of amides is 1. The Labute approximate surface area is 229 Å². The zero-order valence-corrected chi connectivity index (χ0v) is 22.2. The minimum atomic E-state index is -0.279. The van der Waals surface area contributed by atoms with Crippen molar-refractivity contribution >= 4 is 28.6 Å². The predicted octanol–water partition coefficient (Wildman–Crippen LogP) is 4.23. The Morgan fingerprint density at radius 3 is 2.77 bits per heavy atom. The van der Waals surface area contributed by atoms with Crippen molar-refractivity contribution in [3.63, 3.8) is 0 Å². The summed E-state index contributed by atoms with van der Waals surface area (Å²) < 4.78 is 18.9. The summed E-state index contributed by atoms with van der Waals surface area (Å²) >= 11 is 6.04. The Morgan fingerprint density at radius 2 is 1.97 bits per heavy atom. The van der Waals surface area contributed by atoms with Gasteiger partial charge in [0.15, 0.2) is 0 Å². The molecule has 39 heavy (non-hydrogen) atoms. The summed E-state index contributed by atoms with van der Waals surface area (Å²) in [5, 5.41) is 1.06. The van der Waals surface area contributed by atoms with Crippen LogP contribution in [0.25, 0.3) is 22.0 Å². The fraction of sp³-hybridized carbons (Fsp3) is 0.321. The van der Waals surface area contributed by atoms with Gasteiger partial charge in [0.1, 0.15) is 30.6 Å². The third-order valence-corrected chi connectivity index (χ3v) is 7.51. The number of aromatic nitrogens is 4. The number of carbonyl (C=O) groups is 1. The Hall–Kier alpha value is -4.18. The lowest BCUT2D eigenvalue weighted by Crippen LogP contribution is -2.44. The molecule has 0 radical (unpaired) electrons. The van der Waals surface area contributed by atoms with Crippen molar-refractivity contribution in [3.05, 3.63) is 75.7 Å². The first-order valence-electron chi connectivity index (χ1n) is 12.7. The highest BCUT2D eigenvalue weighted by molar-refractivity contribution is 6.30. The van der Waals surface area contributed by atoms with E-state index in [1.807, 2.05) is 25.1 Å². The van der Waals surface area contributed by atoms with Crippen molar-refractivity contribution < 1.29 is 19.0 Å². The molecule has 0 aliphatic carbocycles. The van der Waals surface area contributed by atoms with Crippen LogP contribution in [0.15, 0.2) is 53.7 Å². The maximum Gasteiger partial charge on any atom is 0.410 e. The summed E-state index contributed by atoms with van der Waals surface area (Å²) in [7, 11) is 1.54. The molecule has 4 aromatic rings. The molecule has 200 valence electrons. The van der Waals surface area contributed by atoms with E-state index in [9.17, 15) is 9.59 Å². The van der Waals surface area contributed by atoms with Crippen LogP contribution in [-0.4, -0.2) is 62.9 Å². The predicted molar refractivity (Wildman–Crippen MR) is 144 cm³/mol. The number of methoxy groups -OCH3 is 1. The first-order valence-corrected chi connectivity index (χ1v) is 13.0. The molecule has 2 fully saturated rings. The number of piperidine rings is 1. The number of fused-ring (bicyclic) bond motifs is 2. The van der Waals surface area contributed by atoms with Gasteiger partial charge in [-0.25, -0.2) is 19.7 Å². The van der Waals surface area contributed by atoms with Gasteiger partial charge in [-0.05, 0) is 36.8 Å². The first-order chi connectivity index (χ1) is 18.9. The third-order valence-electron chi connectivity index (χ3n) is 7.25. The normalized spacial score (nSPS) is 18.6. The molecular weight excluding hydrogens is 522 g/mol. The van der Waals surface area contributed by atoms with Crippen LogP contribution < -0.4 is 15.0 Å². The number of halogens is 1. The molecule has 11 heteroatoms. The van der Waals surface area contributed by atoms with Crippen molar-refractivity contribution in [3.8, 4) is 22.8 Å². The van der Waals surface area contributed by atoms with E-state index in [0.717, 1.165) is 5.56 Å². The molecule has 10 nitrogen and oxygen atoms in total. The second-order valence-electron chi connectivity index (χ2n) is 9.68. The molecule has 6 rings (SSSR count). The summed E-state index contributed by atoms with van der Waals surface area (Å²) in [6.07, 6.45) is 3.87. The fourth-order valence-electron chi connectivity index (χ4n) is 5.24. The highest BCUT2D eigenvalue weighted by Gasteiger charge is 2.39. The van der Waals surface area contributed by atoms with Crippen LogP contribution in [0.4, 0.5) is 4.79 Å². The van der Waals surface area contributed by atoms with E-state index in [-0.39, 0.29) is 23.8 Å². The zero-order valence-electron chi connectivity index (χ0n) is 21.5. The SMILES string of the molecule is COc1ncncc1-c1cc2nc(C)n(Cc3ccc(Cl)cc3)c(=O)c2cc1O[C@H]1CCN2C(=O)OC[C@@H]2C1. The highest BCUT2D eigenvalue weighted by atomic mass is 35.5. The second-order valence-corrected chi connectivity index (χ2v) is 10.1. The van der Waals surface area contributed by atoms with Gasteiger partial charge in [0.25, 0.3) is 5.56 Å². The van der Waals surface area contributed by atoms with E-state index in [2.05, 4.69) is 9.97 Å². The van der Waals surface area contributed by atoms with Gasteiger partial charge in [0.05, 0.1) is 36.2 Å². The topological polar surface area (TPSA) is 109 Å². The Bertz CT molecular complexity index is 1620. The molecule has 0 spiro atoms. The van der Waals surface area contributed by atoms with Crippen LogP contribution in [0.2, 0.25) is 5.02 Å². The van der Waals surface area contributed by atoms with Gasteiger partial charge in [-0.3, -0.25) is 9.36 Å². The van der Waals surface area contributed by atoms with Crippen molar-refractivity contribution in [2.24, 2.45) is 0 Å². The number of benzene rings is 2. The largest absolute Gasteiger partial charge is 0.490 e. The minimum absolute atomic E-state index is 0.0318. The van der Waals surface area contributed by atoms with Crippen LogP contribution in [0, 0.1) is 6.92 Å². The van der Waals surface area contributed by atoms with Gasteiger partial charge in [-0.15, -0.1) is 0 Å². The van der Waals surface area contributed by atoms with E-state index < -0.39 is 0 Å². The summed E-state index contributed by atoms with van der Waals surface area (Å²) in [4.78, 5) is 40.7. The molecule has 2 aliphatic heterocycles. The molecule has 0 unspecified atom stereocenters. The van der Waals surface area contributed by atoms with Crippen LogP contribution >= 0.6 is 11.6 Å². The Balaban J connectivity index is 1.44. The third kappa shape index (κ3) is 4.76. The molecule has 0 N–H and O–H groups in total. The van der Waals surface area contributed by atoms with E-state index in [1.54, 1.807) is 33.9 Å². The number of cyclic esters (lactones) is 1. The molecule has 0 bridgehead atoms. The molecule has 1 amide bonds. The maximum atomic E-state index is 13.8. The number of aryl methyl sites for hydroxylation is 1. The molecule has 2 aromatic carbocycles. The van der Waals surface area contributed by atoms with Crippen LogP contribution in [0.5, 0.6) is 11.6 Å². The number of rotatable bonds is 6. The average Bonchev–Trinajstić information content (AvgIpc) is 3.32. The summed E-state index contributed by atoms with van der Waals surface area (Å²) in [5.41, 5.74) is 2.58. The van der Waals surface area contributed by atoms with Crippen molar-refractivity contribution in [1.82, 2.24) is 24.4 Å². The van der Waals surface area contributed by atoms with Gasteiger partial charge < -0.3 is 19.1 Å². The Morgan fingerprint density at radius 1 is 1.15 bits per heavy atom. The fourth-order valence-corrected chi connectivity index (χ4v) is 5.37. The lowest BCUT2D eigenvalue weighted by atomic mass is 10.00. The van der Waals surface area contributed by atoms with E-state index in [1.165, 1.54) is 13.4 Å².